The van der Waals surface area contributed by atoms with Crippen LogP contribution in [-0.4, -0.2) is 46.5 Å². The number of rotatable bonds is 4. The van der Waals surface area contributed by atoms with E-state index >= 15 is 0 Å². The molecule has 3 aromatic rings. The van der Waals surface area contributed by atoms with Crippen LogP contribution in [0.3, 0.4) is 0 Å². The van der Waals surface area contributed by atoms with Crippen LogP contribution in [-0.2, 0) is 0 Å². The molecule has 154 valence electrons. The van der Waals surface area contributed by atoms with Crippen molar-refractivity contribution >= 4 is 23.3 Å². The smallest absolute Gasteiger partial charge is 0.254 e. The number of hydrogen-bond acceptors (Lipinski definition) is 5. The van der Waals surface area contributed by atoms with E-state index in [4.69, 9.17) is 16.3 Å². The minimum Gasteiger partial charge on any atom is -0.439 e. The molecule has 2 aromatic carbocycles. The molecule has 0 radical (unpaired) electrons. The highest BCUT2D eigenvalue weighted by Gasteiger charge is 2.29. The molecule has 0 bridgehead atoms. The predicted molar refractivity (Wildman–Crippen MR) is 117 cm³/mol. The number of ether oxygens (including phenoxy) is 1. The molecular weight excluding hydrogens is 400 g/mol. The maximum Gasteiger partial charge on any atom is 0.254 e. The summed E-state index contributed by atoms with van der Waals surface area (Å²) in [5, 5.41) is 0.602. The quantitative estimate of drug-likeness (QED) is 0.615. The Morgan fingerprint density at radius 3 is 2.63 bits per heavy atom. The maximum atomic E-state index is 12.9. The molecule has 1 aliphatic rings. The number of carbonyl (C=O) groups is 1. The molecule has 1 amide bonds. The van der Waals surface area contributed by atoms with Crippen molar-refractivity contribution in [3.05, 3.63) is 77.1 Å². The number of piperazine rings is 1. The number of anilines is 1. The normalized spacial score (nSPS) is 16.4. The SMILES string of the molecule is Cc1ccc(C(=O)N2CCN(c3cc(Oc4cccc(Cl)c4)ncn3)C[C@@H]2C)cc1. The van der Waals surface area contributed by atoms with Gasteiger partial charge < -0.3 is 14.5 Å². The fraction of sp³-hybridized carbons (Fsp3) is 0.261. The van der Waals surface area contributed by atoms with Gasteiger partial charge in [0, 0.05) is 42.3 Å². The average molecular weight is 423 g/mol. The van der Waals surface area contributed by atoms with Gasteiger partial charge in [-0.25, -0.2) is 9.97 Å². The Bertz CT molecular complexity index is 1040. The van der Waals surface area contributed by atoms with E-state index < -0.39 is 0 Å². The molecule has 0 unspecified atom stereocenters. The van der Waals surface area contributed by atoms with Crippen molar-refractivity contribution in [1.82, 2.24) is 14.9 Å². The van der Waals surface area contributed by atoms with E-state index in [0.29, 0.717) is 36.3 Å². The van der Waals surface area contributed by atoms with Crippen molar-refractivity contribution in [2.45, 2.75) is 19.9 Å². The summed E-state index contributed by atoms with van der Waals surface area (Å²) in [6, 6.07) is 16.8. The Balaban J connectivity index is 1.44. The van der Waals surface area contributed by atoms with Gasteiger partial charge in [-0.1, -0.05) is 35.4 Å². The van der Waals surface area contributed by atoms with Crippen LogP contribution in [0.4, 0.5) is 5.82 Å². The number of benzene rings is 2. The van der Waals surface area contributed by atoms with Gasteiger partial charge in [-0.3, -0.25) is 4.79 Å². The highest BCUT2D eigenvalue weighted by Crippen LogP contribution is 2.26. The molecule has 1 fully saturated rings. The average Bonchev–Trinajstić information content (AvgIpc) is 2.74. The van der Waals surface area contributed by atoms with Crippen molar-refractivity contribution < 1.29 is 9.53 Å². The lowest BCUT2D eigenvalue weighted by molar-refractivity contribution is 0.0673. The second kappa shape index (κ2) is 8.71. The van der Waals surface area contributed by atoms with Crippen LogP contribution in [0.5, 0.6) is 11.6 Å². The number of halogens is 1. The van der Waals surface area contributed by atoms with Crippen LogP contribution in [0.25, 0.3) is 0 Å². The Kier molecular flexibility index (Phi) is 5.86. The van der Waals surface area contributed by atoms with E-state index in [1.807, 2.05) is 54.3 Å². The summed E-state index contributed by atoms with van der Waals surface area (Å²) in [5.74, 6) is 1.91. The summed E-state index contributed by atoms with van der Waals surface area (Å²) in [7, 11) is 0. The Morgan fingerprint density at radius 1 is 1.10 bits per heavy atom. The van der Waals surface area contributed by atoms with Crippen LogP contribution in [0, 0.1) is 6.92 Å². The summed E-state index contributed by atoms with van der Waals surface area (Å²) in [5.41, 5.74) is 1.86. The Morgan fingerprint density at radius 2 is 1.90 bits per heavy atom. The molecule has 0 N–H and O–H groups in total. The second-order valence-electron chi connectivity index (χ2n) is 7.43. The highest BCUT2D eigenvalue weighted by molar-refractivity contribution is 6.30. The molecule has 2 heterocycles. The standard InChI is InChI=1S/C23H23ClN4O2/c1-16-6-8-18(9-7-16)23(29)28-11-10-27(14-17(28)2)21-13-22(26-15-25-21)30-20-5-3-4-19(24)12-20/h3-9,12-13,15,17H,10-11,14H2,1-2H3/t17-/m0/s1. The molecule has 1 saturated heterocycles. The summed E-state index contributed by atoms with van der Waals surface area (Å²) in [4.78, 5) is 25.6. The number of nitrogens with zero attached hydrogens (tertiary/aromatic N) is 4. The third-order valence-electron chi connectivity index (χ3n) is 5.16. The topological polar surface area (TPSA) is 58.6 Å². The van der Waals surface area contributed by atoms with Crippen molar-refractivity contribution in [3.63, 3.8) is 0 Å². The Hall–Kier alpha value is -3.12. The minimum atomic E-state index is 0.0554. The summed E-state index contributed by atoms with van der Waals surface area (Å²) < 4.78 is 5.82. The van der Waals surface area contributed by atoms with Crippen molar-refractivity contribution in [1.29, 1.82) is 0 Å². The monoisotopic (exact) mass is 422 g/mol. The van der Waals surface area contributed by atoms with Crippen molar-refractivity contribution in [2.75, 3.05) is 24.5 Å². The van der Waals surface area contributed by atoms with Gasteiger partial charge in [0.2, 0.25) is 5.88 Å². The molecule has 1 aromatic heterocycles. The van der Waals surface area contributed by atoms with E-state index in [9.17, 15) is 4.79 Å². The lowest BCUT2D eigenvalue weighted by Crippen LogP contribution is -2.54. The fourth-order valence-corrected chi connectivity index (χ4v) is 3.72. The first-order valence-corrected chi connectivity index (χ1v) is 10.3. The van der Waals surface area contributed by atoms with Gasteiger partial charge >= 0.3 is 0 Å². The number of aromatic nitrogens is 2. The van der Waals surface area contributed by atoms with Gasteiger partial charge in [0.05, 0.1) is 0 Å². The van der Waals surface area contributed by atoms with Crippen LogP contribution in [0.15, 0.2) is 60.9 Å². The molecule has 1 aliphatic heterocycles. The first-order valence-electron chi connectivity index (χ1n) is 9.87. The molecule has 6 nitrogen and oxygen atoms in total. The molecule has 1 atom stereocenters. The van der Waals surface area contributed by atoms with Gasteiger partial charge in [0.1, 0.15) is 17.9 Å². The third kappa shape index (κ3) is 4.54. The summed E-state index contributed by atoms with van der Waals surface area (Å²) in [6.07, 6.45) is 1.49. The number of hydrogen-bond donors (Lipinski definition) is 0. The highest BCUT2D eigenvalue weighted by atomic mass is 35.5. The van der Waals surface area contributed by atoms with Gasteiger partial charge in [-0.2, -0.15) is 0 Å². The third-order valence-corrected chi connectivity index (χ3v) is 5.39. The maximum absolute atomic E-state index is 12.9. The number of amides is 1. The number of carbonyl (C=O) groups excluding carboxylic acids is 1. The summed E-state index contributed by atoms with van der Waals surface area (Å²) >= 11 is 6.02. The fourth-order valence-electron chi connectivity index (χ4n) is 3.54. The predicted octanol–water partition coefficient (Wildman–Crippen LogP) is 4.58. The largest absolute Gasteiger partial charge is 0.439 e. The molecule has 0 spiro atoms. The summed E-state index contributed by atoms with van der Waals surface area (Å²) in [6.45, 7) is 6.08. The molecule has 30 heavy (non-hydrogen) atoms. The first-order chi connectivity index (χ1) is 14.5. The van der Waals surface area contributed by atoms with Crippen molar-refractivity contribution in [3.8, 4) is 11.6 Å². The van der Waals surface area contributed by atoms with Crippen LogP contribution >= 0.6 is 11.6 Å². The lowest BCUT2D eigenvalue weighted by atomic mass is 10.1. The first kappa shape index (κ1) is 20.2. The van der Waals surface area contributed by atoms with Gasteiger partial charge in [-0.15, -0.1) is 0 Å². The van der Waals surface area contributed by atoms with Gasteiger partial charge in [0.15, 0.2) is 0 Å². The van der Waals surface area contributed by atoms with Gasteiger partial charge in [-0.05, 0) is 44.2 Å². The molecule has 7 heteroatoms. The molecule has 0 aliphatic carbocycles. The molecule has 0 saturated carbocycles. The van der Waals surface area contributed by atoms with Crippen molar-refractivity contribution in [2.24, 2.45) is 0 Å². The van der Waals surface area contributed by atoms with Crippen LogP contribution in [0.2, 0.25) is 5.02 Å². The van der Waals surface area contributed by atoms with Crippen LogP contribution < -0.4 is 9.64 Å². The van der Waals surface area contributed by atoms with E-state index in [2.05, 4.69) is 21.8 Å². The van der Waals surface area contributed by atoms with E-state index in [1.165, 1.54) is 6.33 Å². The zero-order chi connectivity index (χ0) is 21.1. The minimum absolute atomic E-state index is 0.0554. The molecule has 4 rings (SSSR count). The van der Waals surface area contributed by atoms with Gasteiger partial charge in [0.25, 0.3) is 5.91 Å². The lowest BCUT2D eigenvalue weighted by Gasteiger charge is -2.40. The number of aryl methyl sites for hydroxylation is 1. The van der Waals surface area contributed by atoms with E-state index in [1.54, 1.807) is 12.1 Å². The zero-order valence-electron chi connectivity index (χ0n) is 17.0. The van der Waals surface area contributed by atoms with E-state index in [-0.39, 0.29) is 11.9 Å². The Labute approximate surface area is 181 Å². The second-order valence-corrected chi connectivity index (χ2v) is 7.87. The van der Waals surface area contributed by atoms with Crippen LogP contribution in [0.1, 0.15) is 22.8 Å². The van der Waals surface area contributed by atoms with E-state index in [0.717, 1.165) is 16.9 Å². The molecular formula is C23H23ClN4O2. The zero-order valence-corrected chi connectivity index (χ0v) is 17.7.